The second kappa shape index (κ2) is 10.2. The van der Waals surface area contributed by atoms with Crippen LogP contribution in [-0.2, 0) is 11.3 Å². The molecule has 1 aromatic carbocycles. The molecule has 1 aliphatic rings. The number of benzene rings is 1. The van der Waals surface area contributed by atoms with Crippen LogP contribution in [0.25, 0.3) is 0 Å². The van der Waals surface area contributed by atoms with Gasteiger partial charge in [0.05, 0.1) is 0 Å². The summed E-state index contributed by atoms with van der Waals surface area (Å²) in [5.41, 5.74) is 6.91. The van der Waals surface area contributed by atoms with Crippen molar-refractivity contribution in [3.63, 3.8) is 0 Å². The third kappa shape index (κ3) is 6.37. The molecule has 0 aliphatic carbocycles. The number of likely N-dealkylation sites (tertiary alicyclic amines) is 1. The number of piperidine rings is 1. The Labute approximate surface area is 149 Å². The molecule has 6 nitrogen and oxygen atoms in total. The van der Waals surface area contributed by atoms with Crippen LogP contribution < -0.4 is 11.1 Å². The Hall–Kier alpha value is -1.79. The molecule has 24 heavy (non-hydrogen) atoms. The van der Waals surface area contributed by atoms with Crippen molar-refractivity contribution in [2.24, 2.45) is 5.73 Å². The lowest BCUT2D eigenvalue weighted by Crippen LogP contribution is -2.44. The Balaban J connectivity index is 0.00000288. The minimum atomic E-state index is -0.165. The first-order chi connectivity index (χ1) is 11.1. The zero-order valence-corrected chi connectivity index (χ0v) is 14.9. The molecule has 0 spiro atoms. The van der Waals surface area contributed by atoms with Crippen LogP contribution in [-0.4, -0.2) is 54.5 Å². The number of carbonyl (C=O) groups is 2. The standard InChI is InChI=1S/C17H26N4O2.ClH/c1-20(13-14-5-3-2-4-6-14)17(23)19-10-7-16(22)21-11-8-15(18)9-12-21;/h2-6,15H,7-13,18H2,1H3,(H,19,23);1H. The molecule has 1 aliphatic heterocycles. The first-order valence-corrected chi connectivity index (χ1v) is 8.12. The monoisotopic (exact) mass is 354 g/mol. The third-order valence-electron chi connectivity index (χ3n) is 4.12. The van der Waals surface area contributed by atoms with E-state index in [1.54, 1.807) is 11.9 Å². The number of amides is 3. The Kier molecular flexibility index (Phi) is 8.57. The second-order valence-corrected chi connectivity index (χ2v) is 6.04. The summed E-state index contributed by atoms with van der Waals surface area (Å²) >= 11 is 0. The van der Waals surface area contributed by atoms with E-state index in [2.05, 4.69) is 5.32 Å². The van der Waals surface area contributed by atoms with Gasteiger partial charge >= 0.3 is 6.03 Å². The number of hydrogen-bond donors (Lipinski definition) is 2. The van der Waals surface area contributed by atoms with Gasteiger partial charge in [-0.2, -0.15) is 0 Å². The van der Waals surface area contributed by atoms with E-state index in [1.807, 2.05) is 35.2 Å². The average Bonchev–Trinajstić information content (AvgIpc) is 2.56. The fourth-order valence-corrected chi connectivity index (χ4v) is 2.65. The summed E-state index contributed by atoms with van der Waals surface area (Å²) in [6, 6.07) is 9.85. The minimum absolute atomic E-state index is 0. The van der Waals surface area contributed by atoms with Crippen LogP contribution in [0.3, 0.4) is 0 Å². The third-order valence-corrected chi connectivity index (χ3v) is 4.12. The normalized spacial score (nSPS) is 14.7. The summed E-state index contributed by atoms with van der Waals surface area (Å²) in [7, 11) is 1.75. The van der Waals surface area contributed by atoms with Crippen LogP contribution in [0.4, 0.5) is 4.79 Å². The highest BCUT2D eigenvalue weighted by Gasteiger charge is 2.20. The number of nitrogens with two attached hydrogens (primary N) is 1. The van der Waals surface area contributed by atoms with Crippen LogP contribution in [0.15, 0.2) is 30.3 Å². The summed E-state index contributed by atoms with van der Waals surface area (Å²) < 4.78 is 0. The first kappa shape index (κ1) is 20.3. The largest absolute Gasteiger partial charge is 0.343 e. The smallest absolute Gasteiger partial charge is 0.317 e. The molecule has 2 rings (SSSR count). The van der Waals surface area contributed by atoms with E-state index in [0.29, 0.717) is 19.5 Å². The van der Waals surface area contributed by atoms with Crippen molar-refractivity contribution < 1.29 is 9.59 Å². The predicted octanol–water partition coefficient (Wildman–Crippen LogP) is 1.59. The van der Waals surface area contributed by atoms with Crippen molar-refractivity contribution in [2.75, 3.05) is 26.7 Å². The van der Waals surface area contributed by atoms with Gasteiger partial charge in [0.1, 0.15) is 0 Å². The quantitative estimate of drug-likeness (QED) is 0.842. The molecule has 0 radical (unpaired) electrons. The van der Waals surface area contributed by atoms with Crippen LogP contribution in [0.2, 0.25) is 0 Å². The minimum Gasteiger partial charge on any atom is -0.343 e. The number of hydrogen-bond acceptors (Lipinski definition) is 3. The summed E-state index contributed by atoms with van der Waals surface area (Å²) in [6.07, 6.45) is 2.05. The molecule has 0 bridgehead atoms. The lowest BCUT2D eigenvalue weighted by atomic mass is 10.1. The van der Waals surface area contributed by atoms with Crippen LogP contribution in [0, 0.1) is 0 Å². The Morgan fingerprint density at radius 1 is 1.25 bits per heavy atom. The number of halogens is 1. The molecule has 0 saturated carbocycles. The van der Waals surface area contributed by atoms with Gasteiger partial charge < -0.3 is 20.9 Å². The first-order valence-electron chi connectivity index (χ1n) is 8.12. The van der Waals surface area contributed by atoms with Crippen LogP contribution in [0.1, 0.15) is 24.8 Å². The summed E-state index contributed by atoms with van der Waals surface area (Å²) in [6.45, 7) is 2.35. The average molecular weight is 355 g/mol. The molecule has 134 valence electrons. The van der Waals surface area contributed by atoms with Crippen molar-refractivity contribution >= 4 is 24.3 Å². The van der Waals surface area contributed by atoms with Gasteiger partial charge in [0.25, 0.3) is 0 Å². The highest BCUT2D eigenvalue weighted by molar-refractivity contribution is 5.85. The van der Waals surface area contributed by atoms with Crippen molar-refractivity contribution in [3.8, 4) is 0 Å². The van der Waals surface area contributed by atoms with Crippen molar-refractivity contribution in [1.29, 1.82) is 0 Å². The highest BCUT2D eigenvalue weighted by Crippen LogP contribution is 2.09. The fraction of sp³-hybridized carbons (Fsp3) is 0.529. The van der Waals surface area contributed by atoms with Gasteiger partial charge in [-0.1, -0.05) is 30.3 Å². The van der Waals surface area contributed by atoms with E-state index < -0.39 is 0 Å². The molecule has 1 fully saturated rings. The van der Waals surface area contributed by atoms with Gasteiger partial charge in [-0.25, -0.2) is 4.79 Å². The number of nitrogens with zero attached hydrogens (tertiary/aromatic N) is 2. The van der Waals surface area contributed by atoms with Crippen LogP contribution >= 0.6 is 12.4 Å². The zero-order valence-electron chi connectivity index (χ0n) is 14.1. The molecular weight excluding hydrogens is 328 g/mol. The fourth-order valence-electron chi connectivity index (χ4n) is 2.65. The zero-order chi connectivity index (χ0) is 16.7. The van der Waals surface area contributed by atoms with Crippen LogP contribution in [0.5, 0.6) is 0 Å². The number of carbonyl (C=O) groups excluding carboxylic acids is 2. The molecular formula is C17H27ClN4O2. The van der Waals surface area contributed by atoms with Gasteiger partial charge in [0.15, 0.2) is 0 Å². The highest BCUT2D eigenvalue weighted by atomic mass is 35.5. The van der Waals surface area contributed by atoms with E-state index in [-0.39, 0.29) is 30.4 Å². The van der Waals surface area contributed by atoms with E-state index >= 15 is 0 Å². The second-order valence-electron chi connectivity index (χ2n) is 6.04. The molecule has 0 unspecified atom stereocenters. The topological polar surface area (TPSA) is 78.7 Å². The summed E-state index contributed by atoms with van der Waals surface area (Å²) in [5.74, 6) is 0.0860. The Bertz CT molecular complexity index is 519. The molecule has 1 aromatic rings. The predicted molar refractivity (Wildman–Crippen MR) is 97.0 cm³/mol. The molecule has 7 heteroatoms. The lowest BCUT2D eigenvalue weighted by molar-refractivity contribution is -0.132. The SMILES string of the molecule is CN(Cc1ccccc1)C(=O)NCCC(=O)N1CCC(N)CC1.Cl. The maximum Gasteiger partial charge on any atom is 0.317 e. The van der Waals surface area contributed by atoms with Crippen molar-refractivity contribution in [2.45, 2.75) is 31.8 Å². The van der Waals surface area contributed by atoms with Gasteiger partial charge in [0.2, 0.25) is 5.91 Å². The molecule has 3 N–H and O–H groups in total. The van der Waals surface area contributed by atoms with Gasteiger partial charge in [0, 0.05) is 45.7 Å². The van der Waals surface area contributed by atoms with Crippen molar-refractivity contribution in [1.82, 2.24) is 15.1 Å². The molecule has 0 atom stereocenters. The van der Waals surface area contributed by atoms with E-state index in [9.17, 15) is 9.59 Å². The maximum atomic E-state index is 12.1. The van der Waals surface area contributed by atoms with E-state index in [1.165, 1.54) is 0 Å². The Morgan fingerprint density at radius 2 is 1.88 bits per heavy atom. The molecule has 0 aromatic heterocycles. The summed E-state index contributed by atoms with van der Waals surface area (Å²) in [4.78, 5) is 27.5. The lowest BCUT2D eigenvalue weighted by Gasteiger charge is -2.30. The van der Waals surface area contributed by atoms with Gasteiger partial charge in [-0.3, -0.25) is 4.79 Å². The van der Waals surface area contributed by atoms with E-state index in [4.69, 9.17) is 5.73 Å². The molecule has 3 amide bonds. The number of rotatable bonds is 5. The Morgan fingerprint density at radius 3 is 2.50 bits per heavy atom. The molecule has 1 heterocycles. The number of urea groups is 1. The van der Waals surface area contributed by atoms with Gasteiger partial charge in [-0.05, 0) is 18.4 Å². The van der Waals surface area contributed by atoms with Crippen molar-refractivity contribution in [3.05, 3.63) is 35.9 Å². The van der Waals surface area contributed by atoms with E-state index in [0.717, 1.165) is 31.5 Å². The maximum absolute atomic E-state index is 12.1. The summed E-state index contributed by atoms with van der Waals surface area (Å²) in [5, 5.41) is 2.80. The molecule has 1 saturated heterocycles. The number of nitrogens with one attached hydrogen (secondary N) is 1. The van der Waals surface area contributed by atoms with Gasteiger partial charge in [-0.15, -0.1) is 12.4 Å².